The molecule has 6 heteroatoms. The molecular formula is C14H9F4NO. The maximum atomic E-state index is 13.4. The zero-order valence-corrected chi connectivity index (χ0v) is 10.3. The number of ketones is 1. The maximum Gasteiger partial charge on any atom is 0.419 e. The van der Waals surface area contributed by atoms with E-state index in [0.29, 0.717) is 17.7 Å². The van der Waals surface area contributed by atoms with Crippen LogP contribution in [0.5, 0.6) is 0 Å². The highest BCUT2D eigenvalue weighted by molar-refractivity contribution is 6.09. The molecule has 2 rings (SSSR count). The zero-order chi connectivity index (χ0) is 14.9. The van der Waals surface area contributed by atoms with Crippen LogP contribution in [0.1, 0.15) is 27.0 Å². The van der Waals surface area contributed by atoms with Gasteiger partial charge in [0, 0.05) is 23.5 Å². The number of alkyl halides is 3. The highest BCUT2D eigenvalue weighted by Crippen LogP contribution is 2.31. The molecule has 0 aliphatic rings. The average molecular weight is 283 g/mol. The molecule has 2 nitrogen and oxygen atoms in total. The molecular weight excluding hydrogens is 274 g/mol. The summed E-state index contributed by atoms with van der Waals surface area (Å²) >= 11 is 0. The molecule has 0 bridgehead atoms. The van der Waals surface area contributed by atoms with Crippen LogP contribution in [0.3, 0.4) is 0 Å². The molecule has 1 aromatic heterocycles. The minimum absolute atomic E-state index is 0.147. The fourth-order valence-corrected chi connectivity index (χ4v) is 1.74. The second-order valence-electron chi connectivity index (χ2n) is 4.21. The number of hydrogen-bond acceptors (Lipinski definition) is 2. The van der Waals surface area contributed by atoms with Crippen molar-refractivity contribution in [1.29, 1.82) is 0 Å². The number of halogens is 4. The minimum Gasteiger partial charge on any atom is -0.289 e. The van der Waals surface area contributed by atoms with Gasteiger partial charge in [-0.2, -0.15) is 13.2 Å². The zero-order valence-electron chi connectivity index (χ0n) is 10.3. The molecule has 0 fully saturated rings. The lowest BCUT2D eigenvalue weighted by molar-refractivity contribution is -0.140. The van der Waals surface area contributed by atoms with E-state index in [-0.39, 0.29) is 11.1 Å². The summed E-state index contributed by atoms with van der Waals surface area (Å²) in [6, 6.07) is 3.71. The van der Waals surface area contributed by atoms with Crippen molar-refractivity contribution in [2.45, 2.75) is 13.1 Å². The summed E-state index contributed by atoms with van der Waals surface area (Å²) in [6.45, 7) is 1.66. The molecule has 20 heavy (non-hydrogen) atoms. The third-order valence-electron chi connectivity index (χ3n) is 2.82. The van der Waals surface area contributed by atoms with Gasteiger partial charge in [0.15, 0.2) is 5.78 Å². The topological polar surface area (TPSA) is 30.0 Å². The lowest BCUT2D eigenvalue weighted by atomic mass is 10.00. The molecule has 2 aromatic rings. The molecule has 0 radical (unpaired) electrons. The van der Waals surface area contributed by atoms with E-state index in [2.05, 4.69) is 4.98 Å². The van der Waals surface area contributed by atoms with Gasteiger partial charge < -0.3 is 0 Å². The lowest BCUT2D eigenvalue weighted by Gasteiger charge is -2.09. The van der Waals surface area contributed by atoms with Crippen molar-refractivity contribution in [2.24, 2.45) is 0 Å². The molecule has 0 N–H and O–H groups in total. The summed E-state index contributed by atoms with van der Waals surface area (Å²) in [7, 11) is 0. The number of aryl methyl sites for hydroxylation is 1. The number of carbonyl (C=O) groups excluding carboxylic acids is 1. The van der Waals surface area contributed by atoms with Crippen LogP contribution in [-0.2, 0) is 6.18 Å². The maximum absolute atomic E-state index is 13.4. The van der Waals surface area contributed by atoms with Gasteiger partial charge in [-0.3, -0.25) is 9.78 Å². The van der Waals surface area contributed by atoms with Gasteiger partial charge in [-0.1, -0.05) is 6.07 Å². The van der Waals surface area contributed by atoms with E-state index in [1.807, 2.05) is 0 Å². The Labute approximate surface area is 112 Å². The van der Waals surface area contributed by atoms with Gasteiger partial charge in [0.05, 0.1) is 5.56 Å². The summed E-state index contributed by atoms with van der Waals surface area (Å²) in [5.74, 6) is -2.03. The van der Waals surface area contributed by atoms with Gasteiger partial charge in [-0.05, 0) is 30.7 Å². The average Bonchev–Trinajstić information content (AvgIpc) is 2.37. The molecule has 0 atom stereocenters. The monoisotopic (exact) mass is 283 g/mol. The molecule has 0 aliphatic carbocycles. The van der Waals surface area contributed by atoms with Gasteiger partial charge in [0.25, 0.3) is 0 Å². The van der Waals surface area contributed by atoms with E-state index in [1.54, 1.807) is 13.0 Å². The van der Waals surface area contributed by atoms with Gasteiger partial charge in [-0.15, -0.1) is 0 Å². The van der Waals surface area contributed by atoms with E-state index in [1.165, 1.54) is 12.4 Å². The molecule has 0 saturated heterocycles. The number of hydrogen-bond donors (Lipinski definition) is 0. The van der Waals surface area contributed by atoms with Crippen LogP contribution in [0.2, 0.25) is 0 Å². The summed E-state index contributed by atoms with van der Waals surface area (Å²) in [5, 5.41) is 0. The summed E-state index contributed by atoms with van der Waals surface area (Å²) < 4.78 is 50.7. The van der Waals surface area contributed by atoms with Crippen LogP contribution < -0.4 is 0 Å². The van der Waals surface area contributed by atoms with Crippen LogP contribution in [-0.4, -0.2) is 10.8 Å². The van der Waals surface area contributed by atoms with Crippen LogP contribution in [0.15, 0.2) is 36.7 Å². The summed E-state index contributed by atoms with van der Waals surface area (Å²) in [4.78, 5) is 15.9. The van der Waals surface area contributed by atoms with E-state index in [4.69, 9.17) is 0 Å². The molecule has 0 aliphatic heterocycles. The van der Waals surface area contributed by atoms with Crippen molar-refractivity contribution in [1.82, 2.24) is 4.98 Å². The smallest absolute Gasteiger partial charge is 0.289 e. The SMILES string of the molecule is Cc1ccncc1C(=O)c1ccc(C(F)(F)F)c(F)c1. The third kappa shape index (κ3) is 2.68. The number of benzene rings is 1. The lowest BCUT2D eigenvalue weighted by Crippen LogP contribution is -2.10. The predicted octanol–water partition coefficient (Wildman–Crippen LogP) is 3.78. The van der Waals surface area contributed by atoms with Crippen molar-refractivity contribution in [2.75, 3.05) is 0 Å². The Morgan fingerprint density at radius 3 is 2.45 bits per heavy atom. The summed E-state index contributed by atoms with van der Waals surface area (Å²) in [6.07, 6.45) is -2.00. The highest BCUT2D eigenvalue weighted by Gasteiger charge is 2.34. The predicted molar refractivity (Wildman–Crippen MR) is 63.8 cm³/mol. The number of pyridine rings is 1. The first-order chi connectivity index (χ1) is 9.30. The van der Waals surface area contributed by atoms with Crippen molar-refractivity contribution >= 4 is 5.78 Å². The Balaban J connectivity index is 2.43. The Kier molecular flexibility index (Phi) is 3.57. The highest BCUT2D eigenvalue weighted by atomic mass is 19.4. The first-order valence-electron chi connectivity index (χ1n) is 5.63. The number of rotatable bonds is 2. The first-order valence-corrected chi connectivity index (χ1v) is 5.63. The molecule has 0 saturated carbocycles. The third-order valence-corrected chi connectivity index (χ3v) is 2.82. The Morgan fingerprint density at radius 1 is 1.20 bits per heavy atom. The molecule has 1 heterocycles. The quantitative estimate of drug-likeness (QED) is 0.620. The standard InChI is InChI=1S/C14H9F4NO/c1-8-4-5-19-7-10(8)13(20)9-2-3-11(12(15)6-9)14(16,17)18/h2-7H,1H3. The molecule has 1 aromatic carbocycles. The Morgan fingerprint density at radius 2 is 1.90 bits per heavy atom. The van der Waals surface area contributed by atoms with Crippen LogP contribution >= 0.6 is 0 Å². The number of nitrogens with zero attached hydrogens (tertiary/aromatic N) is 1. The van der Waals surface area contributed by atoms with Gasteiger partial charge in [-0.25, -0.2) is 4.39 Å². The van der Waals surface area contributed by atoms with Crippen molar-refractivity contribution in [3.63, 3.8) is 0 Å². The minimum atomic E-state index is -4.78. The van der Waals surface area contributed by atoms with E-state index in [0.717, 1.165) is 6.07 Å². The van der Waals surface area contributed by atoms with Crippen LogP contribution in [0.4, 0.5) is 17.6 Å². The second-order valence-corrected chi connectivity index (χ2v) is 4.21. The number of aromatic nitrogens is 1. The fourth-order valence-electron chi connectivity index (χ4n) is 1.74. The van der Waals surface area contributed by atoms with Gasteiger partial charge in [0.1, 0.15) is 5.82 Å². The molecule has 0 spiro atoms. The Bertz CT molecular complexity index is 664. The van der Waals surface area contributed by atoms with Gasteiger partial charge >= 0.3 is 6.18 Å². The Hall–Kier alpha value is -2.24. The molecule has 0 unspecified atom stereocenters. The first kappa shape index (κ1) is 14.2. The fraction of sp³-hybridized carbons (Fsp3) is 0.143. The molecule has 0 amide bonds. The second kappa shape index (κ2) is 5.03. The van der Waals surface area contributed by atoms with E-state index in [9.17, 15) is 22.4 Å². The van der Waals surface area contributed by atoms with Gasteiger partial charge in [0.2, 0.25) is 0 Å². The van der Waals surface area contributed by atoms with Crippen molar-refractivity contribution < 1.29 is 22.4 Å². The van der Waals surface area contributed by atoms with Crippen LogP contribution in [0, 0.1) is 12.7 Å². The van der Waals surface area contributed by atoms with Crippen molar-refractivity contribution in [3.8, 4) is 0 Å². The van der Waals surface area contributed by atoms with Crippen molar-refractivity contribution in [3.05, 3.63) is 64.7 Å². The summed E-state index contributed by atoms with van der Waals surface area (Å²) in [5.41, 5.74) is -0.694. The van der Waals surface area contributed by atoms with E-state index >= 15 is 0 Å². The molecule has 104 valence electrons. The van der Waals surface area contributed by atoms with E-state index < -0.39 is 23.3 Å². The van der Waals surface area contributed by atoms with Crippen LogP contribution in [0.25, 0.3) is 0 Å². The largest absolute Gasteiger partial charge is 0.419 e. The number of carbonyl (C=O) groups is 1. The normalized spacial score (nSPS) is 11.4.